The van der Waals surface area contributed by atoms with E-state index in [4.69, 9.17) is 4.74 Å². The largest absolute Gasteiger partial charge is 0.482 e. The third-order valence-electron chi connectivity index (χ3n) is 5.39. The van der Waals surface area contributed by atoms with E-state index in [1.165, 1.54) is 6.33 Å². The van der Waals surface area contributed by atoms with Crippen LogP contribution >= 0.6 is 0 Å². The maximum Gasteiger partial charge on any atom is 0.265 e. The van der Waals surface area contributed by atoms with Crippen molar-refractivity contribution in [2.45, 2.75) is 19.4 Å². The molecule has 1 aliphatic heterocycles. The number of nitrogens with zero attached hydrogens (tertiary/aromatic N) is 5. The first-order valence-corrected chi connectivity index (χ1v) is 9.77. The molecule has 0 unspecified atom stereocenters. The summed E-state index contributed by atoms with van der Waals surface area (Å²) in [6.45, 7) is 2.30. The third kappa shape index (κ3) is 3.89. The highest BCUT2D eigenvalue weighted by atomic mass is 16.5. The van der Waals surface area contributed by atoms with Crippen LogP contribution < -0.4 is 9.64 Å². The summed E-state index contributed by atoms with van der Waals surface area (Å²) in [6.07, 6.45) is 3.36. The molecule has 0 spiro atoms. The van der Waals surface area contributed by atoms with Crippen LogP contribution in [0.15, 0.2) is 61.2 Å². The number of carbonyl (C=O) groups excluding carboxylic acids is 2. The second kappa shape index (κ2) is 8.36. The van der Waals surface area contributed by atoms with Gasteiger partial charge in [-0.1, -0.05) is 24.3 Å². The van der Waals surface area contributed by atoms with Crippen LogP contribution in [-0.4, -0.2) is 51.7 Å². The molecule has 154 valence electrons. The summed E-state index contributed by atoms with van der Waals surface area (Å²) >= 11 is 0. The van der Waals surface area contributed by atoms with Gasteiger partial charge in [0.1, 0.15) is 18.4 Å². The molecule has 2 heterocycles. The molecule has 0 saturated heterocycles. The Bertz CT molecular complexity index is 1030. The van der Waals surface area contributed by atoms with Gasteiger partial charge in [0.15, 0.2) is 6.61 Å². The van der Waals surface area contributed by atoms with Gasteiger partial charge in [0.25, 0.3) is 5.91 Å². The molecule has 1 aliphatic rings. The van der Waals surface area contributed by atoms with Crippen molar-refractivity contribution >= 4 is 17.5 Å². The van der Waals surface area contributed by atoms with Crippen molar-refractivity contribution in [1.82, 2.24) is 19.7 Å². The monoisotopic (exact) mass is 405 g/mol. The SMILES string of the molecule is C[C@H](c1ccc(-n2cncn2)cc1)N(C)C(=O)CCN1C(=O)COc2ccccc21. The van der Waals surface area contributed by atoms with Crippen molar-refractivity contribution in [1.29, 1.82) is 0 Å². The van der Waals surface area contributed by atoms with E-state index in [0.717, 1.165) is 11.3 Å². The van der Waals surface area contributed by atoms with E-state index in [0.29, 0.717) is 18.0 Å². The summed E-state index contributed by atoms with van der Waals surface area (Å²) < 4.78 is 7.14. The molecule has 0 bridgehead atoms. The summed E-state index contributed by atoms with van der Waals surface area (Å²) in [5.41, 5.74) is 2.63. The molecule has 0 radical (unpaired) electrons. The van der Waals surface area contributed by atoms with Crippen molar-refractivity contribution in [2.24, 2.45) is 0 Å². The Morgan fingerprint density at radius 1 is 1.20 bits per heavy atom. The van der Waals surface area contributed by atoms with Crippen LogP contribution in [0.2, 0.25) is 0 Å². The molecule has 0 fully saturated rings. The summed E-state index contributed by atoms with van der Waals surface area (Å²) in [5, 5.41) is 4.12. The molecular weight excluding hydrogens is 382 g/mol. The number of carbonyl (C=O) groups is 2. The van der Waals surface area contributed by atoms with Crippen molar-refractivity contribution in [2.75, 3.05) is 25.1 Å². The fraction of sp³-hybridized carbons (Fsp3) is 0.273. The Morgan fingerprint density at radius 2 is 1.97 bits per heavy atom. The zero-order valence-corrected chi connectivity index (χ0v) is 16.9. The van der Waals surface area contributed by atoms with Gasteiger partial charge in [-0.15, -0.1) is 0 Å². The van der Waals surface area contributed by atoms with E-state index >= 15 is 0 Å². The van der Waals surface area contributed by atoms with Gasteiger partial charge >= 0.3 is 0 Å². The first-order valence-electron chi connectivity index (χ1n) is 9.77. The van der Waals surface area contributed by atoms with Crippen LogP contribution in [0.25, 0.3) is 5.69 Å². The van der Waals surface area contributed by atoms with Crippen LogP contribution in [0.5, 0.6) is 5.75 Å². The number of ether oxygens (including phenoxy) is 1. The molecule has 1 aromatic heterocycles. The summed E-state index contributed by atoms with van der Waals surface area (Å²) in [5.74, 6) is 0.499. The molecular formula is C22H23N5O3. The third-order valence-corrected chi connectivity index (χ3v) is 5.39. The van der Waals surface area contributed by atoms with Gasteiger partial charge in [-0.05, 0) is 36.8 Å². The zero-order valence-electron chi connectivity index (χ0n) is 16.9. The number of hydrogen-bond donors (Lipinski definition) is 0. The first kappa shape index (κ1) is 19.6. The second-order valence-electron chi connectivity index (χ2n) is 7.16. The Morgan fingerprint density at radius 3 is 2.70 bits per heavy atom. The van der Waals surface area contributed by atoms with E-state index in [2.05, 4.69) is 10.1 Å². The van der Waals surface area contributed by atoms with Gasteiger partial charge in [0.2, 0.25) is 5.91 Å². The number of aromatic nitrogens is 3. The highest BCUT2D eigenvalue weighted by Gasteiger charge is 2.26. The maximum atomic E-state index is 12.8. The van der Waals surface area contributed by atoms with Crippen LogP contribution in [0.1, 0.15) is 24.9 Å². The average molecular weight is 405 g/mol. The fourth-order valence-corrected chi connectivity index (χ4v) is 3.47. The molecule has 0 saturated carbocycles. The Balaban J connectivity index is 1.39. The van der Waals surface area contributed by atoms with E-state index in [1.54, 1.807) is 27.9 Å². The lowest BCUT2D eigenvalue weighted by atomic mass is 10.1. The quantitative estimate of drug-likeness (QED) is 0.630. The van der Waals surface area contributed by atoms with Gasteiger partial charge in [-0.2, -0.15) is 5.10 Å². The van der Waals surface area contributed by atoms with E-state index in [-0.39, 0.29) is 30.9 Å². The van der Waals surface area contributed by atoms with Crippen molar-refractivity contribution in [3.05, 3.63) is 66.7 Å². The minimum atomic E-state index is -0.138. The Kier molecular flexibility index (Phi) is 5.47. The van der Waals surface area contributed by atoms with Gasteiger partial charge in [0, 0.05) is 20.0 Å². The minimum absolute atomic E-state index is 0.00440. The Hall–Kier alpha value is -3.68. The number of anilines is 1. The number of benzene rings is 2. The minimum Gasteiger partial charge on any atom is -0.482 e. The molecule has 0 aliphatic carbocycles. The summed E-state index contributed by atoms with van der Waals surface area (Å²) in [7, 11) is 1.79. The molecule has 1 atom stereocenters. The number of fused-ring (bicyclic) bond motifs is 1. The van der Waals surface area contributed by atoms with Gasteiger partial charge in [-0.25, -0.2) is 9.67 Å². The molecule has 3 aromatic rings. The van der Waals surface area contributed by atoms with E-state index in [9.17, 15) is 9.59 Å². The molecule has 8 nitrogen and oxygen atoms in total. The fourth-order valence-electron chi connectivity index (χ4n) is 3.47. The number of amides is 2. The van der Waals surface area contributed by atoms with Crippen molar-refractivity contribution in [3.63, 3.8) is 0 Å². The van der Waals surface area contributed by atoms with Crippen molar-refractivity contribution in [3.8, 4) is 11.4 Å². The maximum absolute atomic E-state index is 12.8. The van der Waals surface area contributed by atoms with Crippen molar-refractivity contribution < 1.29 is 14.3 Å². The number of para-hydroxylation sites is 2. The van der Waals surface area contributed by atoms with E-state index in [1.807, 2.05) is 55.5 Å². The number of hydrogen-bond acceptors (Lipinski definition) is 5. The highest BCUT2D eigenvalue weighted by Crippen LogP contribution is 2.31. The van der Waals surface area contributed by atoms with E-state index < -0.39 is 0 Å². The zero-order chi connectivity index (χ0) is 21.1. The molecule has 0 N–H and O–H groups in total. The molecule has 2 amide bonds. The highest BCUT2D eigenvalue weighted by molar-refractivity contribution is 5.98. The molecule has 4 rings (SSSR count). The normalized spacial score (nSPS) is 14.1. The van der Waals surface area contributed by atoms with Crippen LogP contribution in [0, 0.1) is 0 Å². The topological polar surface area (TPSA) is 80.6 Å². The molecule has 2 aromatic carbocycles. The smallest absolute Gasteiger partial charge is 0.265 e. The van der Waals surface area contributed by atoms with Gasteiger partial charge < -0.3 is 14.5 Å². The summed E-state index contributed by atoms with van der Waals surface area (Å²) in [6, 6.07) is 15.1. The first-order chi connectivity index (χ1) is 14.5. The van der Waals surface area contributed by atoms with Crippen LogP contribution in [0.4, 0.5) is 5.69 Å². The average Bonchev–Trinajstić information content (AvgIpc) is 3.32. The molecule has 30 heavy (non-hydrogen) atoms. The van der Waals surface area contributed by atoms with Gasteiger partial charge in [0.05, 0.1) is 17.4 Å². The molecule has 8 heteroatoms. The lowest BCUT2D eigenvalue weighted by molar-refractivity contribution is -0.131. The predicted molar refractivity (Wildman–Crippen MR) is 111 cm³/mol. The Labute approximate surface area is 174 Å². The van der Waals surface area contributed by atoms with Crippen LogP contribution in [-0.2, 0) is 9.59 Å². The lowest BCUT2D eigenvalue weighted by Gasteiger charge is -2.30. The predicted octanol–water partition coefficient (Wildman–Crippen LogP) is 2.60. The standard InChI is InChI=1S/C22H23N5O3/c1-16(17-7-9-18(10-8-17)27-15-23-14-24-27)25(2)21(28)11-12-26-19-5-3-4-6-20(19)30-13-22(26)29/h3-10,14-16H,11-13H2,1-2H3/t16-/m1/s1. The van der Waals surface area contributed by atoms with Gasteiger partial charge in [-0.3, -0.25) is 9.59 Å². The van der Waals surface area contributed by atoms with Crippen LogP contribution in [0.3, 0.4) is 0 Å². The summed E-state index contributed by atoms with van der Waals surface area (Å²) in [4.78, 5) is 32.4. The number of rotatable bonds is 6. The second-order valence-corrected chi connectivity index (χ2v) is 7.16. The lowest BCUT2D eigenvalue weighted by Crippen LogP contribution is -2.41.